The van der Waals surface area contributed by atoms with Crippen molar-refractivity contribution in [3.63, 3.8) is 0 Å². The molecule has 0 aliphatic carbocycles. The first-order chi connectivity index (χ1) is 13.5. The van der Waals surface area contributed by atoms with Crippen LogP contribution in [0.25, 0.3) is 11.4 Å². The second-order valence-corrected chi connectivity index (χ2v) is 7.93. The highest BCUT2D eigenvalue weighted by Crippen LogP contribution is 2.26. The Kier molecular flexibility index (Phi) is 6.75. The van der Waals surface area contributed by atoms with Crippen LogP contribution in [0.3, 0.4) is 0 Å². The van der Waals surface area contributed by atoms with Gasteiger partial charge < -0.3 is 9.88 Å². The van der Waals surface area contributed by atoms with Gasteiger partial charge in [0.1, 0.15) is 0 Å². The average molecular weight is 415 g/mol. The number of amides is 1. The number of nitrogens with one attached hydrogen (secondary N) is 1. The molecule has 1 aromatic heterocycles. The van der Waals surface area contributed by atoms with E-state index in [9.17, 15) is 4.79 Å². The molecule has 0 fully saturated rings. The molecule has 0 atom stereocenters. The molecular formula is C21H23ClN4OS. The van der Waals surface area contributed by atoms with Crippen molar-refractivity contribution >= 4 is 35.0 Å². The Morgan fingerprint density at radius 2 is 1.96 bits per heavy atom. The van der Waals surface area contributed by atoms with Crippen molar-refractivity contribution in [3.8, 4) is 11.4 Å². The smallest absolute Gasteiger partial charge is 0.234 e. The summed E-state index contributed by atoms with van der Waals surface area (Å²) < 4.78 is 2.08. The van der Waals surface area contributed by atoms with Gasteiger partial charge in [0, 0.05) is 22.8 Å². The molecule has 0 spiro atoms. The fraction of sp³-hybridized carbons (Fsp3) is 0.286. The van der Waals surface area contributed by atoms with Crippen molar-refractivity contribution < 1.29 is 4.79 Å². The molecule has 7 heteroatoms. The number of nitrogens with zero attached hydrogens (tertiary/aromatic N) is 3. The summed E-state index contributed by atoms with van der Waals surface area (Å²) in [5, 5.41) is 13.0. The number of carbonyl (C=O) groups is 1. The predicted molar refractivity (Wildman–Crippen MR) is 116 cm³/mol. The Morgan fingerprint density at radius 3 is 2.71 bits per heavy atom. The van der Waals surface area contributed by atoms with Gasteiger partial charge in [0.2, 0.25) is 5.91 Å². The van der Waals surface area contributed by atoms with E-state index in [0.29, 0.717) is 5.02 Å². The van der Waals surface area contributed by atoms with Gasteiger partial charge in [0.05, 0.1) is 5.75 Å². The molecule has 0 radical (unpaired) electrons. The van der Waals surface area contributed by atoms with Crippen LogP contribution in [0.5, 0.6) is 0 Å². The van der Waals surface area contributed by atoms with Gasteiger partial charge in [-0.3, -0.25) is 4.79 Å². The highest BCUT2D eigenvalue weighted by atomic mass is 35.5. The van der Waals surface area contributed by atoms with E-state index in [2.05, 4.69) is 46.1 Å². The minimum atomic E-state index is -0.0986. The zero-order valence-electron chi connectivity index (χ0n) is 16.2. The van der Waals surface area contributed by atoms with Crippen molar-refractivity contribution in [1.29, 1.82) is 0 Å². The summed E-state index contributed by atoms with van der Waals surface area (Å²) in [4.78, 5) is 12.4. The molecule has 0 aliphatic rings. The summed E-state index contributed by atoms with van der Waals surface area (Å²) in [6.45, 7) is 6.86. The van der Waals surface area contributed by atoms with Crippen molar-refractivity contribution in [2.75, 3.05) is 11.1 Å². The number of thioether (sulfide) groups is 1. The quantitative estimate of drug-likeness (QED) is 0.529. The molecule has 1 N–H and O–H groups in total. The molecule has 1 amide bonds. The Morgan fingerprint density at radius 1 is 1.18 bits per heavy atom. The third-order valence-corrected chi connectivity index (χ3v) is 5.69. The molecule has 5 nitrogen and oxygen atoms in total. The van der Waals surface area contributed by atoms with E-state index < -0.39 is 0 Å². The Labute approximate surface area is 174 Å². The molecule has 0 unspecified atom stereocenters. The Hall–Kier alpha value is -2.31. The minimum absolute atomic E-state index is 0.0986. The highest BCUT2D eigenvalue weighted by Gasteiger charge is 2.16. The first-order valence-corrected chi connectivity index (χ1v) is 10.5. The molecule has 2 aromatic carbocycles. The lowest BCUT2D eigenvalue weighted by atomic mass is 10.1. The number of carbonyl (C=O) groups excluding carboxylic acids is 1. The zero-order valence-corrected chi connectivity index (χ0v) is 17.8. The van der Waals surface area contributed by atoms with Gasteiger partial charge in [-0.25, -0.2) is 0 Å². The second-order valence-electron chi connectivity index (χ2n) is 6.58. The van der Waals surface area contributed by atoms with Crippen molar-refractivity contribution in [2.24, 2.45) is 0 Å². The van der Waals surface area contributed by atoms with Crippen LogP contribution in [0, 0.1) is 13.8 Å². The lowest BCUT2D eigenvalue weighted by molar-refractivity contribution is -0.113. The molecule has 0 aliphatic heterocycles. The maximum Gasteiger partial charge on any atom is 0.234 e. The van der Waals surface area contributed by atoms with Crippen molar-refractivity contribution in [1.82, 2.24) is 14.8 Å². The van der Waals surface area contributed by atoms with E-state index in [1.165, 1.54) is 17.3 Å². The molecule has 0 saturated heterocycles. The van der Waals surface area contributed by atoms with Crippen molar-refractivity contribution in [2.45, 2.75) is 38.9 Å². The molecule has 28 heavy (non-hydrogen) atoms. The van der Waals surface area contributed by atoms with Gasteiger partial charge in [-0.2, -0.15) is 0 Å². The maximum absolute atomic E-state index is 12.4. The third kappa shape index (κ3) is 4.75. The molecule has 0 bridgehead atoms. The maximum atomic E-state index is 12.4. The Balaban J connectivity index is 1.73. The zero-order chi connectivity index (χ0) is 20.1. The standard InChI is InChI=1S/C21H23ClN4OS/c1-4-11-26-20(16-8-5-7-14(2)12-16)24-25-21(26)28-13-19(27)23-18-10-6-9-17(22)15(18)3/h5-10,12H,4,11,13H2,1-3H3,(H,23,27). The summed E-state index contributed by atoms with van der Waals surface area (Å²) in [6.07, 6.45) is 0.957. The molecule has 0 saturated carbocycles. The fourth-order valence-electron chi connectivity index (χ4n) is 2.88. The summed E-state index contributed by atoms with van der Waals surface area (Å²) in [5.74, 6) is 0.986. The summed E-state index contributed by atoms with van der Waals surface area (Å²) in [6, 6.07) is 13.7. The largest absolute Gasteiger partial charge is 0.325 e. The number of aromatic nitrogens is 3. The average Bonchev–Trinajstić information content (AvgIpc) is 3.07. The molecule has 146 valence electrons. The van der Waals surface area contributed by atoms with Gasteiger partial charge in [0.15, 0.2) is 11.0 Å². The van der Waals surface area contributed by atoms with Crippen LogP contribution in [-0.4, -0.2) is 26.4 Å². The monoisotopic (exact) mass is 414 g/mol. The van der Waals surface area contributed by atoms with E-state index in [1.807, 2.05) is 31.2 Å². The number of benzene rings is 2. The van der Waals surface area contributed by atoms with Gasteiger partial charge in [-0.1, -0.05) is 60.1 Å². The SMILES string of the molecule is CCCn1c(SCC(=O)Nc2cccc(Cl)c2C)nnc1-c1cccc(C)c1. The van der Waals surface area contributed by atoms with E-state index in [4.69, 9.17) is 11.6 Å². The molecule has 3 rings (SSSR count). The van der Waals surface area contributed by atoms with Gasteiger partial charge >= 0.3 is 0 Å². The van der Waals surface area contributed by atoms with E-state index in [-0.39, 0.29) is 11.7 Å². The topological polar surface area (TPSA) is 59.8 Å². The number of rotatable bonds is 7. The number of halogens is 1. The first kappa shape index (κ1) is 20.4. The van der Waals surface area contributed by atoms with Crippen LogP contribution < -0.4 is 5.32 Å². The van der Waals surface area contributed by atoms with Gasteiger partial charge in [-0.05, 0) is 44.0 Å². The molecular weight excluding hydrogens is 392 g/mol. The fourth-order valence-corrected chi connectivity index (χ4v) is 3.82. The number of anilines is 1. The number of hydrogen-bond acceptors (Lipinski definition) is 4. The van der Waals surface area contributed by atoms with E-state index in [0.717, 1.165) is 40.8 Å². The van der Waals surface area contributed by atoms with Crippen LogP contribution in [0.15, 0.2) is 47.6 Å². The van der Waals surface area contributed by atoms with E-state index in [1.54, 1.807) is 6.07 Å². The van der Waals surface area contributed by atoms with Crippen LogP contribution in [0.4, 0.5) is 5.69 Å². The lowest BCUT2D eigenvalue weighted by Gasteiger charge is -2.11. The molecule has 1 heterocycles. The molecule has 3 aromatic rings. The van der Waals surface area contributed by atoms with Crippen LogP contribution in [-0.2, 0) is 11.3 Å². The summed E-state index contributed by atoms with van der Waals surface area (Å²) in [5.41, 5.74) is 3.80. The second kappa shape index (κ2) is 9.26. The Bertz CT molecular complexity index is 986. The highest BCUT2D eigenvalue weighted by molar-refractivity contribution is 7.99. The van der Waals surface area contributed by atoms with Crippen LogP contribution in [0.1, 0.15) is 24.5 Å². The summed E-state index contributed by atoms with van der Waals surface area (Å²) >= 11 is 7.51. The van der Waals surface area contributed by atoms with E-state index >= 15 is 0 Å². The normalized spacial score (nSPS) is 10.9. The van der Waals surface area contributed by atoms with Crippen LogP contribution >= 0.6 is 23.4 Å². The third-order valence-electron chi connectivity index (χ3n) is 4.31. The van der Waals surface area contributed by atoms with Crippen molar-refractivity contribution in [3.05, 3.63) is 58.6 Å². The lowest BCUT2D eigenvalue weighted by Crippen LogP contribution is -2.15. The van der Waals surface area contributed by atoms with Gasteiger partial charge in [0.25, 0.3) is 0 Å². The first-order valence-electron chi connectivity index (χ1n) is 9.17. The number of aryl methyl sites for hydroxylation is 1. The predicted octanol–water partition coefficient (Wildman–Crippen LogP) is 5.36. The van der Waals surface area contributed by atoms with Gasteiger partial charge in [-0.15, -0.1) is 10.2 Å². The minimum Gasteiger partial charge on any atom is -0.325 e. The summed E-state index contributed by atoms with van der Waals surface area (Å²) in [7, 11) is 0. The van der Waals surface area contributed by atoms with Crippen LogP contribution in [0.2, 0.25) is 5.02 Å². The number of hydrogen-bond donors (Lipinski definition) is 1.